The third kappa shape index (κ3) is 2.67. The molecule has 0 saturated heterocycles. The third-order valence-electron chi connectivity index (χ3n) is 4.35. The molecule has 0 spiro atoms. The Morgan fingerprint density at radius 2 is 1.43 bits per heavy atom. The van der Waals surface area contributed by atoms with E-state index in [0.29, 0.717) is 0 Å². The van der Waals surface area contributed by atoms with Crippen LogP contribution in [-0.2, 0) is 0 Å². The topological polar surface area (TPSA) is 24.4 Å². The zero-order chi connectivity index (χ0) is 15.8. The predicted octanol–water partition coefficient (Wildman–Crippen LogP) is 4.76. The molecule has 0 aromatic heterocycles. The number of aryl methyl sites for hydroxylation is 2. The fourth-order valence-corrected chi connectivity index (χ4v) is 3.69. The van der Waals surface area contributed by atoms with Gasteiger partial charge in [0.2, 0.25) is 0 Å². The Labute approximate surface area is 141 Å². The molecular formula is C20H18N2S. The molecule has 0 saturated carbocycles. The SMILES string of the molecule is Cc1ccc(C2=CC=C(c3ccc(C)cc3)C3NSN=C23)cc1. The number of rotatable bonds is 2. The van der Waals surface area contributed by atoms with E-state index in [1.807, 2.05) is 0 Å². The summed E-state index contributed by atoms with van der Waals surface area (Å²) in [6.07, 6.45) is 4.42. The van der Waals surface area contributed by atoms with Crippen LogP contribution in [0.25, 0.3) is 11.1 Å². The highest BCUT2D eigenvalue weighted by Gasteiger charge is 2.31. The molecule has 1 aliphatic heterocycles. The molecule has 2 aliphatic rings. The van der Waals surface area contributed by atoms with Crippen LogP contribution >= 0.6 is 12.1 Å². The predicted molar refractivity (Wildman–Crippen MR) is 100 cm³/mol. The Balaban J connectivity index is 1.78. The number of hydrogen-bond acceptors (Lipinski definition) is 3. The van der Waals surface area contributed by atoms with Gasteiger partial charge in [0, 0.05) is 5.57 Å². The average Bonchev–Trinajstić information content (AvgIpc) is 3.05. The van der Waals surface area contributed by atoms with E-state index in [4.69, 9.17) is 0 Å². The minimum atomic E-state index is 0.156. The molecule has 0 radical (unpaired) electrons. The summed E-state index contributed by atoms with van der Waals surface area (Å²) in [5, 5.41) is 0. The molecule has 2 aromatic carbocycles. The molecule has 0 bridgehead atoms. The highest BCUT2D eigenvalue weighted by Crippen LogP contribution is 2.35. The highest BCUT2D eigenvalue weighted by molar-refractivity contribution is 7.96. The molecule has 4 rings (SSSR count). The molecule has 1 N–H and O–H groups in total. The lowest BCUT2D eigenvalue weighted by Gasteiger charge is -2.23. The van der Waals surface area contributed by atoms with E-state index in [1.54, 1.807) is 0 Å². The Hall–Kier alpha value is -2.10. The van der Waals surface area contributed by atoms with Crippen LogP contribution in [0.15, 0.2) is 65.1 Å². The van der Waals surface area contributed by atoms with Crippen LogP contribution in [0.1, 0.15) is 22.3 Å². The second kappa shape index (κ2) is 5.84. The van der Waals surface area contributed by atoms with Gasteiger partial charge in [-0.1, -0.05) is 71.8 Å². The summed E-state index contributed by atoms with van der Waals surface area (Å²) in [5.74, 6) is 0. The summed E-state index contributed by atoms with van der Waals surface area (Å²) >= 11 is 1.44. The van der Waals surface area contributed by atoms with Crippen molar-refractivity contribution in [2.45, 2.75) is 19.9 Å². The average molecular weight is 318 g/mol. The van der Waals surface area contributed by atoms with E-state index in [9.17, 15) is 0 Å². The Bertz CT molecular complexity index is 827. The Kier molecular flexibility index (Phi) is 3.68. The van der Waals surface area contributed by atoms with Crippen molar-refractivity contribution in [3.8, 4) is 0 Å². The summed E-state index contributed by atoms with van der Waals surface area (Å²) in [7, 11) is 0. The first-order chi connectivity index (χ1) is 11.2. The molecule has 1 aliphatic carbocycles. The fourth-order valence-electron chi connectivity index (χ4n) is 2.99. The van der Waals surface area contributed by atoms with E-state index in [2.05, 4.69) is 83.7 Å². The lowest BCUT2D eigenvalue weighted by Crippen LogP contribution is -2.31. The largest absolute Gasteiger partial charge is 0.231 e. The van der Waals surface area contributed by atoms with Gasteiger partial charge in [-0.3, -0.25) is 0 Å². The van der Waals surface area contributed by atoms with E-state index in [-0.39, 0.29) is 6.04 Å². The third-order valence-corrected chi connectivity index (χ3v) is 4.98. The summed E-state index contributed by atoms with van der Waals surface area (Å²) < 4.78 is 8.08. The molecule has 114 valence electrons. The molecule has 0 amide bonds. The van der Waals surface area contributed by atoms with Gasteiger partial charge in [-0.15, -0.1) is 0 Å². The Morgan fingerprint density at radius 1 is 0.826 bits per heavy atom. The molecule has 2 aromatic rings. The van der Waals surface area contributed by atoms with E-state index in [1.165, 1.54) is 45.5 Å². The van der Waals surface area contributed by atoms with Crippen LogP contribution in [0.3, 0.4) is 0 Å². The van der Waals surface area contributed by atoms with Crippen LogP contribution in [0.5, 0.6) is 0 Å². The lowest BCUT2D eigenvalue weighted by molar-refractivity contribution is 1.03. The van der Waals surface area contributed by atoms with Crippen LogP contribution in [0.4, 0.5) is 0 Å². The van der Waals surface area contributed by atoms with Gasteiger partial charge in [-0.05, 0) is 30.5 Å². The zero-order valence-corrected chi connectivity index (χ0v) is 14.0. The van der Waals surface area contributed by atoms with Crippen molar-refractivity contribution in [1.82, 2.24) is 4.72 Å². The van der Waals surface area contributed by atoms with Gasteiger partial charge in [-0.25, -0.2) is 9.12 Å². The quantitative estimate of drug-likeness (QED) is 0.807. The number of fused-ring (bicyclic) bond motifs is 1. The highest BCUT2D eigenvalue weighted by atomic mass is 32.2. The minimum absolute atomic E-state index is 0.156. The molecule has 1 unspecified atom stereocenters. The van der Waals surface area contributed by atoms with Crippen LogP contribution in [0, 0.1) is 13.8 Å². The van der Waals surface area contributed by atoms with Gasteiger partial charge in [-0.2, -0.15) is 0 Å². The van der Waals surface area contributed by atoms with Crippen molar-refractivity contribution in [2.75, 3.05) is 0 Å². The molecule has 1 heterocycles. The first-order valence-electron chi connectivity index (χ1n) is 7.78. The number of nitrogens with one attached hydrogen (secondary N) is 1. The second-order valence-electron chi connectivity index (χ2n) is 6.05. The van der Waals surface area contributed by atoms with Crippen molar-refractivity contribution in [1.29, 1.82) is 0 Å². The Morgan fingerprint density at radius 3 is 2.09 bits per heavy atom. The summed E-state index contributed by atoms with van der Waals surface area (Å²) in [5.41, 5.74) is 8.65. The maximum Gasteiger partial charge on any atom is 0.0879 e. The molecule has 1 atom stereocenters. The van der Waals surface area contributed by atoms with Gasteiger partial charge < -0.3 is 0 Å². The molecule has 3 heteroatoms. The minimum Gasteiger partial charge on any atom is -0.231 e. The maximum absolute atomic E-state index is 4.64. The molecule has 0 fully saturated rings. The standard InChI is InChI=1S/C20H18N2S/c1-13-3-7-15(8-4-13)17-11-12-18(20-19(17)21-23-22-20)16-9-5-14(2)6-10-16/h3-12,19,21H,1-2H3. The number of hydrogen-bond donors (Lipinski definition) is 1. The van der Waals surface area contributed by atoms with E-state index >= 15 is 0 Å². The molecule has 2 nitrogen and oxygen atoms in total. The van der Waals surface area contributed by atoms with E-state index in [0.717, 1.165) is 5.71 Å². The molecular weight excluding hydrogens is 300 g/mol. The number of allylic oxidation sites excluding steroid dienone is 2. The normalized spacial score (nSPS) is 19.7. The monoisotopic (exact) mass is 318 g/mol. The van der Waals surface area contributed by atoms with Gasteiger partial charge in [0.05, 0.1) is 23.9 Å². The van der Waals surface area contributed by atoms with E-state index < -0.39 is 0 Å². The van der Waals surface area contributed by atoms with Crippen LogP contribution in [-0.4, -0.2) is 11.8 Å². The van der Waals surface area contributed by atoms with Gasteiger partial charge in [0.25, 0.3) is 0 Å². The second-order valence-corrected chi connectivity index (χ2v) is 6.65. The fraction of sp³-hybridized carbons (Fsp3) is 0.150. The van der Waals surface area contributed by atoms with Crippen molar-refractivity contribution >= 4 is 29.0 Å². The van der Waals surface area contributed by atoms with Crippen molar-refractivity contribution in [3.05, 3.63) is 82.9 Å². The maximum atomic E-state index is 4.64. The van der Waals surface area contributed by atoms with Crippen LogP contribution in [0.2, 0.25) is 0 Å². The number of benzene rings is 2. The smallest absolute Gasteiger partial charge is 0.0879 e. The van der Waals surface area contributed by atoms with Crippen molar-refractivity contribution in [2.24, 2.45) is 4.40 Å². The number of nitrogens with zero attached hydrogens (tertiary/aromatic N) is 1. The summed E-state index contributed by atoms with van der Waals surface area (Å²) in [6.45, 7) is 4.23. The van der Waals surface area contributed by atoms with Gasteiger partial charge in [0.15, 0.2) is 0 Å². The first-order valence-corrected chi connectivity index (χ1v) is 8.55. The first kappa shape index (κ1) is 14.5. The lowest BCUT2D eigenvalue weighted by atomic mass is 9.84. The van der Waals surface area contributed by atoms with Crippen molar-refractivity contribution in [3.63, 3.8) is 0 Å². The summed E-state index contributed by atoms with van der Waals surface area (Å²) in [4.78, 5) is 0. The van der Waals surface area contributed by atoms with Crippen molar-refractivity contribution < 1.29 is 0 Å². The van der Waals surface area contributed by atoms with Gasteiger partial charge >= 0.3 is 0 Å². The van der Waals surface area contributed by atoms with Gasteiger partial charge in [0.1, 0.15) is 0 Å². The molecule has 23 heavy (non-hydrogen) atoms. The zero-order valence-electron chi connectivity index (χ0n) is 13.2. The summed E-state index contributed by atoms with van der Waals surface area (Å²) in [6, 6.07) is 17.5. The van der Waals surface area contributed by atoms with Crippen LogP contribution < -0.4 is 4.72 Å².